The summed E-state index contributed by atoms with van der Waals surface area (Å²) in [5.41, 5.74) is 13.1. The molecule has 1 heteroatoms. The summed E-state index contributed by atoms with van der Waals surface area (Å²) in [5.74, 6) is 0. The summed E-state index contributed by atoms with van der Waals surface area (Å²) in [4.78, 5) is 0. The SMILES string of the molecule is Cc1cc(C)cc(CC(N)CCc2ccccc2C)c1. The van der Waals surface area contributed by atoms with Gasteiger partial charge in [0.05, 0.1) is 0 Å². The van der Waals surface area contributed by atoms with Crippen LogP contribution in [0.4, 0.5) is 0 Å². The highest BCUT2D eigenvalue weighted by Gasteiger charge is 2.06. The van der Waals surface area contributed by atoms with Gasteiger partial charge in [-0.2, -0.15) is 0 Å². The van der Waals surface area contributed by atoms with Crippen molar-refractivity contribution in [1.82, 2.24) is 0 Å². The molecule has 0 fully saturated rings. The minimum atomic E-state index is 0.232. The average Bonchev–Trinajstić information content (AvgIpc) is 2.36. The summed E-state index contributed by atoms with van der Waals surface area (Å²) in [6.07, 6.45) is 3.07. The first-order valence-electron chi connectivity index (χ1n) is 7.42. The number of hydrogen-bond acceptors (Lipinski definition) is 1. The van der Waals surface area contributed by atoms with Crippen LogP contribution in [-0.4, -0.2) is 6.04 Å². The highest BCUT2D eigenvalue weighted by molar-refractivity contribution is 5.29. The Bertz CT molecular complexity index is 551. The Labute approximate surface area is 122 Å². The zero-order valence-electron chi connectivity index (χ0n) is 12.8. The standard InChI is InChI=1S/C19H25N/c1-14-10-15(2)12-17(11-14)13-19(20)9-8-18-7-5-4-6-16(18)3/h4-7,10-12,19H,8-9,13,20H2,1-3H3. The van der Waals surface area contributed by atoms with E-state index in [2.05, 4.69) is 63.2 Å². The van der Waals surface area contributed by atoms with Gasteiger partial charge in [-0.25, -0.2) is 0 Å². The van der Waals surface area contributed by atoms with Crippen LogP contribution in [0.3, 0.4) is 0 Å². The third kappa shape index (κ3) is 4.21. The molecule has 0 aliphatic rings. The summed E-state index contributed by atoms with van der Waals surface area (Å²) in [5, 5.41) is 0. The van der Waals surface area contributed by atoms with Gasteiger partial charge in [-0.3, -0.25) is 0 Å². The third-order valence-corrected chi connectivity index (χ3v) is 3.83. The first-order valence-corrected chi connectivity index (χ1v) is 7.42. The Morgan fingerprint density at radius 1 is 0.950 bits per heavy atom. The van der Waals surface area contributed by atoms with Gasteiger partial charge in [-0.1, -0.05) is 53.6 Å². The lowest BCUT2D eigenvalue weighted by atomic mass is 9.96. The van der Waals surface area contributed by atoms with Crippen molar-refractivity contribution in [2.75, 3.05) is 0 Å². The fraction of sp³-hybridized carbons (Fsp3) is 0.368. The molecule has 2 aromatic carbocycles. The lowest BCUT2D eigenvalue weighted by Gasteiger charge is -2.14. The maximum Gasteiger partial charge on any atom is 0.00824 e. The first kappa shape index (κ1) is 14.8. The van der Waals surface area contributed by atoms with Crippen molar-refractivity contribution in [3.8, 4) is 0 Å². The molecule has 0 aromatic heterocycles. The normalized spacial score (nSPS) is 12.4. The predicted molar refractivity (Wildman–Crippen MR) is 87.1 cm³/mol. The first-order chi connectivity index (χ1) is 9.54. The van der Waals surface area contributed by atoms with Crippen LogP contribution in [-0.2, 0) is 12.8 Å². The molecular weight excluding hydrogens is 242 g/mol. The van der Waals surface area contributed by atoms with Crippen LogP contribution in [0, 0.1) is 20.8 Å². The molecule has 1 nitrogen and oxygen atoms in total. The Morgan fingerprint density at radius 2 is 1.60 bits per heavy atom. The highest BCUT2D eigenvalue weighted by Crippen LogP contribution is 2.14. The molecule has 106 valence electrons. The lowest BCUT2D eigenvalue weighted by molar-refractivity contribution is 0.609. The number of aryl methyl sites for hydroxylation is 4. The second kappa shape index (κ2) is 6.71. The lowest BCUT2D eigenvalue weighted by Crippen LogP contribution is -2.23. The molecule has 0 bridgehead atoms. The summed E-state index contributed by atoms with van der Waals surface area (Å²) < 4.78 is 0. The van der Waals surface area contributed by atoms with Crippen LogP contribution in [0.25, 0.3) is 0 Å². The molecule has 0 aliphatic heterocycles. The van der Waals surface area contributed by atoms with Crippen LogP contribution >= 0.6 is 0 Å². The van der Waals surface area contributed by atoms with Gasteiger partial charge in [0.2, 0.25) is 0 Å². The summed E-state index contributed by atoms with van der Waals surface area (Å²) in [6, 6.07) is 15.5. The van der Waals surface area contributed by atoms with Gasteiger partial charge in [0.15, 0.2) is 0 Å². The van der Waals surface area contributed by atoms with E-state index < -0.39 is 0 Å². The minimum absolute atomic E-state index is 0.232. The largest absolute Gasteiger partial charge is 0.327 e. The van der Waals surface area contributed by atoms with Gasteiger partial charge in [0.1, 0.15) is 0 Å². The number of benzene rings is 2. The van der Waals surface area contributed by atoms with Crippen molar-refractivity contribution in [1.29, 1.82) is 0 Å². The van der Waals surface area contributed by atoms with E-state index in [4.69, 9.17) is 5.73 Å². The Hall–Kier alpha value is -1.60. The van der Waals surface area contributed by atoms with Crippen LogP contribution in [0.15, 0.2) is 42.5 Å². The van der Waals surface area contributed by atoms with Crippen molar-refractivity contribution in [2.24, 2.45) is 5.73 Å². The van der Waals surface area contributed by atoms with Gasteiger partial charge in [0.25, 0.3) is 0 Å². The number of hydrogen-bond donors (Lipinski definition) is 1. The van der Waals surface area contributed by atoms with Crippen LogP contribution in [0.2, 0.25) is 0 Å². The molecular formula is C19H25N. The smallest absolute Gasteiger partial charge is 0.00824 e. The third-order valence-electron chi connectivity index (χ3n) is 3.83. The maximum absolute atomic E-state index is 6.30. The van der Waals surface area contributed by atoms with E-state index >= 15 is 0 Å². The van der Waals surface area contributed by atoms with Crippen molar-refractivity contribution in [3.05, 3.63) is 70.3 Å². The molecule has 2 N–H and O–H groups in total. The molecule has 0 heterocycles. The molecule has 0 spiro atoms. The second-order valence-corrected chi connectivity index (χ2v) is 5.93. The molecule has 0 amide bonds. The van der Waals surface area contributed by atoms with E-state index in [0.717, 1.165) is 19.3 Å². The van der Waals surface area contributed by atoms with E-state index in [1.807, 2.05) is 0 Å². The Morgan fingerprint density at radius 3 is 2.25 bits per heavy atom. The van der Waals surface area contributed by atoms with Crippen LogP contribution in [0.5, 0.6) is 0 Å². The second-order valence-electron chi connectivity index (χ2n) is 5.93. The molecule has 0 saturated carbocycles. The van der Waals surface area contributed by atoms with Crippen molar-refractivity contribution >= 4 is 0 Å². The van der Waals surface area contributed by atoms with Gasteiger partial charge in [-0.05, 0) is 56.7 Å². The Kier molecular flexibility index (Phi) is 4.97. The van der Waals surface area contributed by atoms with Gasteiger partial charge in [-0.15, -0.1) is 0 Å². The van der Waals surface area contributed by atoms with Gasteiger partial charge >= 0.3 is 0 Å². The fourth-order valence-corrected chi connectivity index (χ4v) is 2.82. The molecule has 20 heavy (non-hydrogen) atoms. The fourth-order valence-electron chi connectivity index (χ4n) is 2.82. The maximum atomic E-state index is 6.30. The number of rotatable bonds is 5. The van der Waals surface area contributed by atoms with Crippen molar-refractivity contribution in [2.45, 2.75) is 46.1 Å². The average molecular weight is 267 g/mol. The predicted octanol–water partition coefficient (Wildman–Crippen LogP) is 4.11. The van der Waals surface area contributed by atoms with E-state index in [0.29, 0.717) is 0 Å². The zero-order valence-corrected chi connectivity index (χ0v) is 12.8. The molecule has 1 unspecified atom stereocenters. The number of nitrogens with two attached hydrogens (primary N) is 1. The quantitative estimate of drug-likeness (QED) is 0.866. The molecule has 0 aliphatic carbocycles. The van der Waals surface area contributed by atoms with Gasteiger partial charge < -0.3 is 5.73 Å². The van der Waals surface area contributed by atoms with E-state index in [1.165, 1.54) is 27.8 Å². The monoisotopic (exact) mass is 267 g/mol. The van der Waals surface area contributed by atoms with Gasteiger partial charge in [0, 0.05) is 6.04 Å². The topological polar surface area (TPSA) is 26.0 Å². The van der Waals surface area contributed by atoms with Crippen molar-refractivity contribution in [3.63, 3.8) is 0 Å². The van der Waals surface area contributed by atoms with Crippen LogP contribution < -0.4 is 5.73 Å². The summed E-state index contributed by atoms with van der Waals surface area (Å²) in [6.45, 7) is 6.47. The summed E-state index contributed by atoms with van der Waals surface area (Å²) >= 11 is 0. The molecule has 0 radical (unpaired) electrons. The molecule has 2 aromatic rings. The van der Waals surface area contributed by atoms with E-state index in [9.17, 15) is 0 Å². The van der Waals surface area contributed by atoms with Crippen molar-refractivity contribution < 1.29 is 0 Å². The molecule has 0 saturated heterocycles. The Balaban J connectivity index is 1.92. The summed E-state index contributed by atoms with van der Waals surface area (Å²) in [7, 11) is 0. The molecule has 2 rings (SSSR count). The zero-order chi connectivity index (χ0) is 14.5. The van der Waals surface area contributed by atoms with Crippen LogP contribution in [0.1, 0.15) is 34.2 Å². The molecule has 1 atom stereocenters. The minimum Gasteiger partial charge on any atom is -0.327 e. The van der Waals surface area contributed by atoms with E-state index in [-0.39, 0.29) is 6.04 Å². The highest BCUT2D eigenvalue weighted by atomic mass is 14.6. The van der Waals surface area contributed by atoms with E-state index in [1.54, 1.807) is 0 Å².